The van der Waals surface area contributed by atoms with Crippen molar-refractivity contribution in [1.29, 1.82) is 0 Å². The number of hydrogen-bond donors (Lipinski definition) is 1. The molecule has 0 spiro atoms. The van der Waals surface area contributed by atoms with Gasteiger partial charge in [-0.25, -0.2) is 4.79 Å². The van der Waals surface area contributed by atoms with E-state index in [0.29, 0.717) is 0 Å². The van der Waals surface area contributed by atoms with Gasteiger partial charge in [-0.05, 0) is 0 Å². The van der Waals surface area contributed by atoms with Crippen molar-refractivity contribution in [2.75, 3.05) is 0 Å². The van der Waals surface area contributed by atoms with Gasteiger partial charge in [0, 0.05) is 12.1 Å². The molecule has 0 unspecified atom stereocenters. The normalized spacial score (nSPS) is 8.86. The van der Waals surface area contributed by atoms with Crippen LogP contribution in [0.5, 0.6) is 5.75 Å². The molecule has 0 atom stereocenters. The van der Waals surface area contributed by atoms with Crippen LogP contribution in [0.25, 0.3) is 0 Å². The fourth-order valence-corrected chi connectivity index (χ4v) is 0.799. The van der Waals surface area contributed by atoms with E-state index in [4.69, 9.17) is 5.11 Å². The molecular weight excluding hydrogens is 201 g/mol. The number of carboxylic acids is 1. The first-order chi connectivity index (χ1) is 6.02. The van der Waals surface area contributed by atoms with E-state index in [1.54, 1.807) is 0 Å². The summed E-state index contributed by atoms with van der Waals surface area (Å²) in [4.78, 5) is 19.8. The fourth-order valence-electron chi connectivity index (χ4n) is 0.799. The molecule has 1 aromatic carbocycles. The number of aromatic carboxylic acids is 1. The van der Waals surface area contributed by atoms with Gasteiger partial charge in [0.2, 0.25) is 0 Å². The van der Waals surface area contributed by atoms with Crippen LogP contribution in [0.3, 0.4) is 0 Å². The summed E-state index contributed by atoms with van der Waals surface area (Å²) in [5, 5.41) is 29.5. The maximum absolute atomic E-state index is 10.8. The quantitative estimate of drug-likeness (QED) is 0.323. The summed E-state index contributed by atoms with van der Waals surface area (Å²) in [7, 11) is 0. The second-order valence-corrected chi connectivity index (χ2v) is 2.24. The molecule has 0 heterocycles. The molecule has 1 N–H and O–H groups in total. The van der Waals surface area contributed by atoms with Crippen LogP contribution in [0.1, 0.15) is 10.4 Å². The number of nitro benzene ring substituents is 1. The van der Waals surface area contributed by atoms with E-state index in [-0.39, 0.29) is 29.6 Å². The predicted octanol–water partition coefficient (Wildman–Crippen LogP) is -2.63. The molecule has 1 aromatic rings. The minimum Gasteiger partial charge on any atom is -0.872 e. The van der Waals surface area contributed by atoms with Gasteiger partial charge in [0.15, 0.2) is 0 Å². The van der Waals surface area contributed by atoms with Gasteiger partial charge in [0.1, 0.15) is 0 Å². The Bertz CT molecular complexity index is 378. The Labute approximate surface area is 101 Å². The molecule has 0 aliphatic heterocycles. The third kappa shape index (κ3) is 2.69. The van der Waals surface area contributed by atoms with E-state index >= 15 is 0 Å². The smallest absolute Gasteiger partial charge is 0.872 e. The molecule has 68 valence electrons. The van der Waals surface area contributed by atoms with Crippen LogP contribution in [-0.2, 0) is 0 Å². The monoisotopic (exact) mass is 205 g/mol. The van der Waals surface area contributed by atoms with Crippen LogP contribution in [0, 0.1) is 10.1 Å². The minimum absolute atomic E-state index is 0. The molecule has 0 radical (unpaired) electrons. The van der Waals surface area contributed by atoms with Crippen molar-refractivity contribution in [1.82, 2.24) is 0 Å². The first kappa shape index (κ1) is 12.9. The zero-order valence-corrected chi connectivity index (χ0v) is 9.26. The van der Waals surface area contributed by atoms with Crippen molar-refractivity contribution in [3.8, 4) is 5.75 Å². The standard InChI is InChI=1S/C7H5NO5.Na/c9-6-2-1-4(8(12)13)3-5(6)7(10)11;/h1-3,9H,(H,10,11);/q;+1/p-1. The molecule has 14 heavy (non-hydrogen) atoms. The summed E-state index contributed by atoms with van der Waals surface area (Å²) in [5.41, 5.74) is -0.994. The Morgan fingerprint density at radius 1 is 1.43 bits per heavy atom. The maximum Gasteiger partial charge on any atom is 1.00 e. The SMILES string of the molecule is O=C(O)c1cc([N+](=O)[O-])ccc1[O-].[Na+]. The van der Waals surface area contributed by atoms with Crippen molar-refractivity contribution in [3.05, 3.63) is 33.9 Å². The molecule has 0 aromatic heterocycles. The minimum atomic E-state index is -1.46. The predicted molar refractivity (Wildman–Crippen MR) is 39.5 cm³/mol. The van der Waals surface area contributed by atoms with E-state index in [9.17, 15) is 20.0 Å². The third-order valence-electron chi connectivity index (χ3n) is 1.40. The van der Waals surface area contributed by atoms with E-state index in [0.717, 1.165) is 18.2 Å². The molecular formula is C7H4NNaO5. The molecule has 0 saturated carbocycles. The van der Waals surface area contributed by atoms with Crippen LogP contribution < -0.4 is 34.7 Å². The van der Waals surface area contributed by atoms with Crippen molar-refractivity contribution < 1.29 is 49.5 Å². The molecule has 1 rings (SSSR count). The summed E-state index contributed by atoms with van der Waals surface area (Å²) in [6.07, 6.45) is 0. The van der Waals surface area contributed by atoms with Crippen molar-refractivity contribution in [2.24, 2.45) is 0 Å². The maximum atomic E-state index is 10.8. The Kier molecular flexibility index (Phi) is 4.55. The van der Waals surface area contributed by atoms with E-state index < -0.39 is 27.9 Å². The molecule has 0 bridgehead atoms. The van der Waals surface area contributed by atoms with E-state index in [1.165, 1.54) is 0 Å². The largest absolute Gasteiger partial charge is 1.00 e. The molecule has 0 saturated heterocycles. The number of non-ortho nitro benzene ring substituents is 1. The molecule has 6 nitrogen and oxygen atoms in total. The van der Waals surface area contributed by atoms with Crippen molar-refractivity contribution in [3.63, 3.8) is 0 Å². The zero-order valence-electron chi connectivity index (χ0n) is 7.26. The average molecular weight is 205 g/mol. The zero-order chi connectivity index (χ0) is 10.0. The second-order valence-electron chi connectivity index (χ2n) is 2.24. The van der Waals surface area contributed by atoms with Crippen molar-refractivity contribution >= 4 is 11.7 Å². The van der Waals surface area contributed by atoms with Gasteiger partial charge in [0.25, 0.3) is 5.69 Å². The summed E-state index contributed by atoms with van der Waals surface area (Å²) in [6.45, 7) is 0. The number of rotatable bonds is 2. The van der Waals surface area contributed by atoms with Crippen LogP contribution in [0.4, 0.5) is 5.69 Å². The third-order valence-corrected chi connectivity index (χ3v) is 1.40. The van der Waals surface area contributed by atoms with Gasteiger partial charge in [-0.2, -0.15) is 0 Å². The van der Waals surface area contributed by atoms with Gasteiger partial charge in [-0.15, -0.1) is 0 Å². The van der Waals surface area contributed by atoms with Gasteiger partial charge in [0.05, 0.1) is 10.5 Å². The first-order valence-electron chi connectivity index (χ1n) is 3.21. The number of nitro groups is 1. The molecule has 0 aliphatic rings. The number of hydrogen-bond acceptors (Lipinski definition) is 4. The van der Waals surface area contributed by atoms with Gasteiger partial charge in [-0.3, -0.25) is 10.1 Å². The second kappa shape index (κ2) is 4.94. The van der Waals surface area contributed by atoms with Crippen LogP contribution in [0.2, 0.25) is 0 Å². The number of carbonyl (C=O) groups is 1. The molecule has 7 heteroatoms. The van der Waals surface area contributed by atoms with Crippen LogP contribution in [0.15, 0.2) is 18.2 Å². The number of nitrogens with zero attached hydrogens (tertiary/aromatic N) is 1. The number of benzene rings is 1. The summed E-state index contributed by atoms with van der Waals surface area (Å²) in [5.74, 6) is -2.20. The van der Waals surface area contributed by atoms with Crippen molar-refractivity contribution in [2.45, 2.75) is 0 Å². The van der Waals surface area contributed by atoms with Crippen LogP contribution in [-0.4, -0.2) is 16.0 Å². The Morgan fingerprint density at radius 3 is 2.43 bits per heavy atom. The Balaban J connectivity index is 0.00000169. The summed E-state index contributed by atoms with van der Waals surface area (Å²) < 4.78 is 0. The molecule has 0 fully saturated rings. The first-order valence-corrected chi connectivity index (χ1v) is 3.21. The fraction of sp³-hybridized carbons (Fsp3) is 0. The van der Waals surface area contributed by atoms with Gasteiger partial charge in [-0.1, -0.05) is 11.8 Å². The Hall–Kier alpha value is -1.11. The molecule has 0 aliphatic carbocycles. The molecule has 0 amide bonds. The average Bonchev–Trinajstić information content (AvgIpc) is 2.04. The Morgan fingerprint density at radius 2 is 2.00 bits per heavy atom. The van der Waals surface area contributed by atoms with E-state index in [2.05, 4.69) is 0 Å². The van der Waals surface area contributed by atoms with Gasteiger partial charge >= 0.3 is 35.5 Å². The van der Waals surface area contributed by atoms with Gasteiger partial charge < -0.3 is 10.2 Å². The topological polar surface area (TPSA) is 104 Å². The summed E-state index contributed by atoms with van der Waals surface area (Å²) >= 11 is 0. The van der Waals surface area contributed by atoms with E-state index in [1.807, 2.05) is 0 Å². The van der Waals surface area contributed by atoms with Crippen LogP contribution >= 0.6 is 0 Å². The number of carboxylic acid groups (broad SMARTS) is 1. The summed E-state index contributed by atoms with van der Waals surface area (Å²) in [6, 6.07) is 2.57.